The Labute approximate surface area is 245 Å². The maximum Gasteiger partial charge on any atom is 0.267 e. The van der Waals surface area contributed by atoms with E-state index in [-0.39, 0.29) is 17.3 Å². The van der Waals surface area contributed by atoms with Crippen molar-refractivity contribution in [2.45, 2.75) is 6.54 Å². The Bertz CT molecular complexity index is 1720. The molecular formula is C30H26FN5O3S2. The number of carbonyl (C=O) groups excluding carboxylic acids is 1. The van der Waals surface area contributed by atoms with Gasteiger partial charge in [-0.2, -0.15) is 0 Å². The lowest BCUT2D eigenvalue weighted by Gasteiger charge is -2.37. The number of piperazine rings is 1. The number of aromatic nitrogens is 2. The molecule has 2 aromatic heterocycles. The van der Waals surface area contributed by atoms with Gasteiger partial charge in [0, 0.05) is 38.1 Å². The van der Waals surface area contributed by atoms with Crippen molar-refractivity contribution in [1.82, 2.24) is 14.3 Å². The number of anilines is 2. The van der Waals surface area contributed by atoms with Crippen LogP contribution < -0.4 is 20.1 Å². The molecule has 0 atom stereocenters. The molecule has 2 fully saturated rings. The molecular weight excluding hydrogens is 561 g/mol. The summed E-state index contributed by atoms with van der Waals surface area (Å²) in [6.45, 7) is 2.87. The molecule has 2 aliphatic heterocycles. The lowest BCUT2D eigenvalue weighted by Crippen LogP contribution is -2.47. The topological polar surface area (TPSA) is 70.4 Å². The average Bonchev–Trinajstić information content (AvgIpc) is 3.26. The van der Waals surface area contributed by atoms with Crippen LogP contribution in [-0.4, -0.2) is 57.8 Å². The second-order valence-corrected chi connectivity index (χ2v) is 11.3. The van der Waals surface area contributed by atoms with Gasteiger partial charge in [0.15, 0.2) is 0 Å². The number of benzene rings is 2. The molecule has 2 saturated heterocycles. The van der Waals surface area contributed by atoms with E-state index in [1.54, 1.807) is 48.5 Å². The van der Waals surface area contributed by atoms with Gasteiger partial charge in [0.2, 0.25) is 0 Å². The highest BCUT2D eigenvalue weighted by Gasteiger charge is 2.33. The van der Waals surface area contributed by atoms with E-state index in [2.05, 4.69) is 9.80 Å². The third kappa shape index (κ3) is 5.42. The van der Waals surface area contributed by atoms with Gasteiger partial charge in [0.25, 0.3) is 11.5 Å². The molecule has 0 aliphatic carbocycles. The first-order valence-electron chi connectivity index (χ1n) is 13.1. The van der Waals surface area contributed by atoms with Gasteiger partial charge in [-0.05, 0) is 60.2 Å². The Morgan fingerprint density at radius 1 is 0.976 bits per heavy atom. The minimum Gasteiger partial charge on any atom is -0.497 e. The van der Waals surface area contributed by atoms with Gasteiger partial charge in [0.1, 0.15) is 27.4 Å². The quantitative estimate of drug-likeness (QED) is 0.240. The highest BCUT2D eigenvalue weighted by atomic mass is 32.2. The first kappa shape index (κ1) is 27.0. The van der Waals surface area contributed by atoms with E-state index in [4.69, 9.17) is 21.9 Å². The molecule has 8 nitrogen and oxygen atoms in total. The number of hydrogen-bond acceptors (Lipinski definition) is 8. The van der Waals surface area contributed by atoms with Crippen molar-refractivity contribution < 1.29 is 13.9 Å². The van der Waals surface area contributed by atoms with Crippen molar-refractivity contribution in [2.75, 3.05) is 43.1 Å². The zero-order valence-corrected chi connectivity index (χ0v) is 23.8. The summed E-state index contributed by atoms with van der Waals surface area (Å²) in [6.07, 6.45) is 3.30. The van der Waals surface area contributed by atoms with Crippen LogP contribution in [-0.2, 0) is 11.3 Å². The highest BCUT2D eigenvalue weighted by Crippen LogP contribution is 2.35. The van der Waals surface area contributed by atoms with Crippen molar-refractivity contribution >= 4 is 57.4 Å². The molecule has 0 unspecified atom stereocenters. The predicted molar refractivity (Wildman–Crippen MR) is 164 cm³/mol. The maximum atomic E-state index is 13.7. The fourth-order valence-corrected chi connectivity index (χ4v) is 6.20. The molecule has 0 radical (unpaired) electrons. The first-order chi connectivity index (χ1) is 19.9. The number of fused-ring (bicyclic) bond motifs is 1. The van der Waals surface area contributed by atoms with E-state index in [0.717, 1.165) is 17.0 Å². The molecule has 41 heavy (non-hydrogen) atoms. The van der Waals surface area contributed by atoms with Gasteiger partial charge < -0.3 is 14.5 Å². The Morgan fingerprint density at radius 2 is 1.68 bits per heavy atom. The zero-order valence-electron chi connectivity index (χ0n) is 22.2. The van der Waals surface area contributed by atoms with Crippen LogP contribution in [0, 0.1) is 5.82 Å². The minimum absolute atomic E-state index is 0.250. The molecule has 4 heterocycles. The molecule has 6 rings (SSSR count). The first-order valence-corrected chi connectivity index (χ1v) is 14.3. The van der Waals surface area contributed by atoms with Crippen LogP contribution in [0.2, 0.25) is 0 Å². The van der Waals surface area contributed by atoms with Gasteiger partial charge in [-0.15, -0.1) is 0 Å². The number of pyridine rings is 1. The summed E-state index contributed by atoms with van der Waals surface area (Å²) in [5.41, 5.74) is 2.47. The number of methoxy groups -OCH3 is 1. The lowest BCUT2D eigenvalue weighted by atomic mass is 10.2. The van der Waals surface area contributed by atoms with E-state index in [1.807, 2.05) is 30.3 Å². The summed E-state index contributed by atoms with van der Waals surface area (Å²) >= 11 is 6.74. The summed E-state index contributed by atoms with van der Waals surface area (Å²) in [5, 5.41) is 0. The van der Waals surface area contributed by atoms with E-state index < -0.39 is 0 Å². The monoisotopic (exact) mass is 587 g/mol. The van der Waals surface area contributed by atoms with Crippen LogP contribution in [0.3, 0.4) is 0 Å². The Morgan fingerprint density at radius 3 is 2.39 bits per heavy atom. The number of carbonyl (C=O) groups is 1. The molecule has 0 saturated carbocycles. The summed E-state index contributed by atoms with van der Waals surface area (Å²) in [4.78, 5) is 38.2. The van der Waals surface area contributed by atoms with Crippen LogP contribution in [0.15, 0.2) is 82.6 Å². The van der Waals surface area contributed by atoms with Gasteiger partial charge in [-0.1, -0.05) is 42.2 Å². The molecule has 208 valence electrons. The van der Waals surface area contributed by atoms with Crippen LogP contribution in [0.25, 0.3) is 11.7 Å². The summed E-state index contributed by atoms with van der Waals surface area (Å²) in [5.74, 6) is 0.738. The summed E-state index contributed by atoms with van der Waals surface area (Å²) in [6, 6.07) is 19.3. The van der Waals surface area contributed by atoms with Crippen molar-refractivity contribution in [1.29, 1.82) is 0 Å². The smallest absolute Gasteiger partial charge is 0.267 e. The molecule has 0 N–H and O–H groups in total. The van der Waals surface area contributed by atoms with Crippen molar-refractivity contribution in [3.8, 4) is 5.75 Å². The largest absolute Gasteiger partial charge is 0.497 e. The molecule has 0 spiro atoms. The van der Waals surface area contributed by atoms with E-state index in [1.165, 1.54) is 28.3 Å². The number of halogens is 1. The number of hydrogen-bond donors (Lipinski definition) is 0. The molecule has 1 amide bonds. The fourth-order valence-electron chi connectivity index (χ4n) is 4.97. The molecule has 2 aliphatic rings. The molecule has 0 bridgehead atoms. The van der Waals surface area contributed by atoms with Crippen molar-refractivity contribution in [2.24, 2.45) is 0 Å². The lowest BCUT2D eigenvalue weighted by molar-refractivity contribution is -0.122. The highest BCUT2D eigenvalue weighted by molar-refractivity contribution is 8.26. The standard InChI is InChI=1S/C30H26FN5O3S2/c1-39-23-11-5-20(6-12-23)19-36-29(38)25(41-30(36)40)18-24-27(32-26-4-2-3-13-35(26)28(24)37)34-16-14-33(15-17-34)22-9-7-21(31)8-10-22/h2-13,18H,14-17,19H2,1H3. The van der Waals surface area contributed by atoms with E-state index in [9.17, 15) is 14.0 Å². The van der Waals surface area contributed by atoms with Crippen LogP contribution in [0.4, 0.5) is 15.9 Å². The van der Waals surface area contributed by atoms with Crippen LogP contribution in [0.5, 0.6) is 5.75 Å². The SMILES string of the molecule is COc1ccc(CN2C(=O)C(=Cc3c(N4CCN(c5ccc(F)cc5)CC4)nc4ccccn4c3=O)SC2=S)cc1. The number of rotatable bonds is 6. The molecule has 4 aromatic rings. The predicted octanol–water partition coefficient (Wildman–Crippen LogP) is 4.57. The van der Waals surface area contributed by atoms with Gasteiger partial charge in [0.05, 0.1) is 24.1 Å². The Kier molecular flexibility index (Phi) is 7.46. The second-order valence-electron chi connectivity index (χ2n) is 9.65. The second kappa shape index (κ2) is 11.3. The van der Waals surface area contributed by atoms with Crippen molar-refractivity contribution in [3.63, 3.8) is 0 Å². The number of thiocarbonyl (C=S) groups is 1. The van der Waals surface area contributed by atoms with Crippen molar-refractivity contribution in [3.05, 3.63) is 105 Å². The number of amides is 1. The Hall–Kier alpha value is -4.22. The van der Waals surface area contributed by atoms with Gasteiger partial charge in [-0.3, -0.25) is 18.9 Å². The minimum atomic E-state index is -0.271. The van der Waals surface area contributed by atoms with Gasteiger partial charge in [-0.25, -0.2) is 9.37 Å². The third-order valence-electron chi connectivity index (χ3n) is 7.17. The Balaban J connectivity index is 1.31. The number of thioether (sulfide) groups is 1. The van der Waals surface area contributed by atoms with Gasteiger partial charge >= 0.3 is 0 Å². The third-order valence-corrected chi connectivity index (χ3v) is 8.55. The summed E-state index contributed by atoms with van der Waals surface area (Å²) < 4.78 is 20.6. The maximum absolute atomic E-state index is 13.7. The normalized spacial score (nSPS) is 16.7. The van der Waals surface area contributed by atoms with Crippen LogP contribution in [0.1, 0.15) is 11.1 Å². The molecule has 2 aromatic carbocycles. The summed E-state index contributed by atoms with van der Waals surface area (Å²) in [7, 11) is 1.60. The fraction of sp³-hybridized carbons (Fsp3) is 0.200. The number of nitrogens with zero attached hydrogens (tertiary/aromatic N) is 5. The zero-order chi connectivity index (χ0) is 28.5. The van der Waals surface area contributed by atoms with E-state index in [0.29, 0.717) is 59.0 Å². The van der Waals surface area contributed by atoms with Crippen LogP contribution >= 0.6 is 24.0 Å². The van der Waals surface area contributed by atoms with E-state index >= 15 is 0 Å². The average molecular weight is 588 g/mol. The number of ether oxygens (including phenoxy) is 1. The molecule has 11 heteroatoms.